The van der Waals surface area contributed by atoms with E-state index in [2.05, 4.69) is 57.0 Å². The number of aromatic nitrogens is 4. The number of para-hydroxylation sites is 2. The molecule has 2 aromatic carbocycles. The van der Waals surface area contributed by atoms with Crippen LogP contribution in [-0.2, 0) is 13.0 Å². The zero-order valence-electron chi connectivity index (χ0n) is 13.3. The number of hydrogen-bond donors (Lipinski definition) is 2. The normalized spacial score (nSPS) is 11.2. The Balaban J connectivity index is 1.33. The van der Waals surface area contributed by atoms with Gasteiger partial charge in [-0.25, -0.2) is 4.68 Å². The predicted octanol–water partition coefficient (Wildman–Crippen LogP) is 3.08. The molecule has 0 fully saturated rings. The minimum atomic E-state index is 0.818. The number of hydrogen-bond acceptors (Lipinski definition) is 3. The Morgan fingerprint density at radius 3 is 2.83 bits per heavy atom. The molecule has 0 saturated carbocycles. The van der Waals surface area contributed by atoms with E-state index in [0.717, 1.165) is 41.8 Å². The molecular weight excluding hydrogens is 298 g/mol. The van der Waals surface area contributed by atoms with Crippen LogP contribution in [0.25, 0.3) is 16.6 Å². The maximum absolute atomic E-state index is 4.63. The number of nitrogens with zero attached hydrogens (tertiary/aromatic N) is 3. The molecule has 24 heavy (non-hydrogen) atoms. The van der Waals surface area contributed by atoms with Crippen LogP contribution in [0.2, 0.25) is 0 Å². The molecule has 0 atom stereocenters. The molecule has 4 aromatic rings. The van der Waals surface area contributed by atoms with Crippen molar-refractivity contribution in [2.24, 2.45) is 0 Å². The zero-order chi connectivity index (χ0) is 16.2. The van der Waals surface area contributed by atoms with Crippen LogP contribution in [0.5, 0.6) is 0 Å². The molecule has 0 aliphatic carbocycles. The highest BCUT2D eigenvalue weighted by molar-refractivity contribution is 5.81. The average molecular weight is 317 g/mol. The third-order valence-electron chi connectivity index (χ3n) is 4.10. The van der Waals surface area contributed by atoms with Gasteiger partial charge in [0.15, 0.2) is 0 Å². The summed E-state index contributed by atoms with van der Waals surface area (Å²) >= 11 is 0. The smallest absolute Gasteiger partial charge is 0.0695 e. The largest absolute Gasteiger partial charge is 0.312 e. The van der Waals surface area contributed by atoms with Gasteiger partial charge in [-0.1, -0.05) is 36.4 Å². The van der Waals surface area contributed by atoms with E-state index >= 15 is 0 Å². The number of rotatable bonds is 6. The van der Waals surface area contributed by atoms with Crippen molar-refractivity contribution in [3.05, 3.63) is 78.2 Å². The molecule has 0 spiro atoms. The summed E-state index contributed by atoms with van der Waals surface area (Å²) in [6.07, 6.45) is 4.77. The van der Waals surface area contributed by atoms with Gasteiger partial charge >= 0.3 is 0 Å². The van der Waals surface area contributed by atoms with Crippen molar-refractivity contribution in [2.75, 3.05) is 6.54 Å². The van der Waals surface area contributed by atoms with Crippen molar-refractivity contribution in [1.29, 1.82) is 0 Å². The van der Waals surface area contributed by atoms with Crippen LogP contribution in [0.15, 0.2) is 67.0 Å². The Hall–Kier alpha value is -2.92. The molecule has 2 N–H and O–H groups in total. The summed E-state index contributed by atoms with van der Waals surface area (Å²) in [5.41, 5.74) is 4.52. The highest BCUT2D eigenvalue weighted by Crippen LogP contribution is 2.15. The monoisotopic (exact) mass is 317 g/mol. The molecule has 0 amide bonds. The third-order valence-corrected chi connectivity index (χ3v) is 4.10. The van der Waals surface area contributed by atoms with Crippen molar-refractivity contribution >= 4 is 10.9 Å². The Morgan fingerprint density at radius 1 is 1.00 bits per heavy atom. The minimum absolute atomic E-state index is 0.818. The van der Waals surface area contributed by atoms with Crippen LogP contribution >= 0.6 is 0 Å². The lowest BCUT2D eigenvalue weighted by atomic mass is 10.1. The summed E-state index contributed by atoms with van der Waals surface area (Å²) in [6.45, 7) is 1.70. The van der Waals surface area contributed by atoms with E-state index in [9.17, 15) is 0 Å². The number of benzene rings is 2. The second-order valence-corrected chi connectivity index (χ2v) is 5.77. The fraction of sp³-hybridized carbons (Fsp3) is 0.158. The van der Waals surface area contributed by atoms with Crippen LogP contribution < -0.4 is 5.32 Å². The summed E-state index contributed by atoms with van der Waals surface area (Å²) in [6, 6.07) is 18.5. The molecule has 0 unspecified atom stereocenters. The van der Waals surface area contributed by atoms with Crippen molar-refractivity contribution < 1.29 is 0 Å². The summed E-state index contributed by atoms with van der Waals surface area (Å²) in [7, 11) is 0. The van der Waals surface area contributed by atoms with E-state index in [0.29, 0.717) is 0 Å². The van der Waals surface area contributed by atoms with Gasteiger partial charge in [0.2, 0.25) is 0 Å². The first kappa shape index (κ1) is 14.7. The van der Waals surface area contributed by atoms with Gasteiger partial charge in [0, 0.05) is 31.1 Å². The molecule has 0 aliphatic heterocycles. The van der Waals surface area contributed by atoms with Gasteiger partial charge in [0.25, 0.3) is 0 Å². The summed E-state index contributed by atoms with van der Waals surface area (Å²) in [5.74, 6) is 0. The van der Waals surface area contributed by atoms with Crippen molar-refractivity contribution in [1.82, 2.24) is 25.3 Å². The molecule has 5 nitrogen and oxygen atoms in total. The molecule has 2 heterocycles. The van der Waals surface area contributed by atoms with E-state index in [-0.39, 0.29) is 0 Å². The molecule has 4 rings (SSSR count). The topological polar surface area (TPSA) is 58.5 Å². The standard InChI is InChI=1S/C19H19N5/c1-2-7-18(8-3-1)24-12-10-17(23-24)9-11-20-13-15-5-4-6-16-14-21-22-19(15)16/h1-8,10,12,14,20H,9,11,13H2,(H,21,22). The fourth-order valence-electron chi connectivity index (χ4n) is 2.84. The lowest BCUT2D eigenvalue weighted by Gasteiger charge is -2.05. The first-order valence-corrected chi connectivity index (χ1v) is 8.12. The van der Waals surface area contributed by atoms with Gasteiger partial charge in [-0.3, -0.25) is 5.10 Å². The zero-order valence-corrected chi connectivity index (χ0v) is 13.3. The molecule has 0 radical (unpaired) electrons. The molecule has 2 aromatic heterocycles. The second kappa shape index (κ2) is 6.68. The summed E-state index contributed by atoms with van der Waals surface area (Å²) in [5, 5.41) is 16.4. The Bertz CT molecular complexity index is 923. The maximum atomic E-state index is 4.63. The van der Waals surface area contributed by atoms with Crippen LogP contribution in [0.1, 0.15) is 11.3 Å². The van der Waals surface area contributed by atoms with Crippen molar-refractivity contribution in [3.8, 4) is 5.69 Å². The van der Waals surface area contributed by atoms with E-state index in [1.165, 1.54) is 5.56 Å². The number of aromatic amines is 1. The van der Waals surface area contributed by atoms with Crippen LogP contribution in [0.4, 0.5) is 0 Å². The van der Waals surface area contributed by atoms with E-state index in [1.54, 1.807) is 0 Å². The molecule has 0 aliphatic rings. The maximum Gasteiger partial charge on any atom is 0.0695 e. The van der Waals surface area contributed by atoms with Gasteiger partial charge in [0.1, 0.15) is 0 Å². The number of H-pyrrole nitrogens is 1. The Kier molecular flexibility index (Phi) is 4.08. The van der Waals surface area contributed by atoms with Crippen molar-refractivity contribution in [2.45, 2.75) is 13.0 Å². The van der Waals surface area contributed by atoms with Gasteiger partial charge in [-0.15, -0.1) is 0 Å². The first-order chi connectivity index (χ1) is 11.9. The van der Waals surface area contributed by atoms with E-state index < -0.39 is 0 Å². The number of fused-ring (bicyclic) bond motifs is 1. The highest BCUT2D eigenvalue weighted by Gasteiger charge is 2.03. The molecule has 5 heteroatoms. The Morgan fingerprint density at radius 2 is 1.92 bits per heavy atom. The van der Waals surface area contributed by atoms with Crippen LogP contribution in [0.3, 0.4) is 0 Å². The van der Waals surface area contributed by atoms with Crippen molar-refractivity contribution in [3.63, 3.8) is 0 Å². The van der Waals surface area contributed by atoms with E-state index in [1.807, 2.05) is 35.3 Å². The second-order valence-electron chi connectivity index (χ2n) is 5.77. The number of nitrogens with one attached hydrogen (secondary N) is 2. The van der Waals surface area contributed by atoms with Crippen LogP contribution in [-0.4, -0.2) is 26.5 Å². The first-order valence-electron chi connectivity index (χ1n) is 8.12. The van der Waals surface area contributed by atoms with Gasteiger partial charge in [-0.05, 0) is 23.8 Å². The lowest BCUT2D eigenvalue weighted by molar-refractivity contribution is 0.676. The predicted molar refractivity (Wildman–Crippen MR) is 95.1 cm³/mol. The molecular formula is C19H19N5. The van der Waals surface area contributed by atoms with Gasteiger partial charge in [-0.2, -0.15) is 10.2 Å². The molecule has 0 saturated heterocycles. The summed E-state index contributed by atoms with van der Waals surface area (Å²) < 4.78 is 1.92. The van der Waals surface area contributed by atoms with E-state index in [4.69, 9.17) is 0 Å². The van der Waals surface area contributed by atoms with Gasteiger partial charge in [0.05, 0.1) is 23.1 Å². The quantitative estimate of drug-likeness (QED) is 0.537. The average Bonchev–Trinajstić information content (AvgIpc) is 3.29. The summed E-state index contributed by atoms with van der Waals surface area (Å²) in [4.78, 5) is 0. The Labute approximate surface area is 140 Å². The fourth-order valence-corrected chi connectivity index (χ4v) is 2.84. The lowest BCUT2D eigenvalue weighted by Crippen LogP contribution is -2.17. The SMILES string of the molecule is c1ccc(-n2ccc(CCNCc3cccc4cn[nH]c34)n2)cc1. The molecule has 0 bridgehead atoms. The van der Waals surface area contributed by atoms with Gasteiger partial charge < -0.3 is 5.32 Å². The van der Waals surface area contributed by atoms with Crippen LogP contribution in [0, 0.1) is 0 Å². The minimum Gasteiger partial charge on any atom is -0.312 e. The highest BCUT2D eigenvalue weighted by atomic mass is 15.3. The third kappa shape index (κ3) is 3.07. The molecule has 120 valence electrons.